The molecule has 0 radical (unpaired) electrons. The monoisotopic (exact) mass is 337 g/mol. The van der Waals surface area contributed by atoms with Crippen molar-refractivity contribution < 1.29 is 14.8 Å². The van der Waals surface area contributed by atoms with E-state index in [9.17, 15) is 15.2 Å². The summed E-state index contributed by atoms with van der Waals surface area (Å²) in [5.41, 5.74) is 1.43. The number of nitro groups is 1. The van der Waals surface area contributed by atoms with E-state index < -0.39 is 4.92 Å². The summed E-state index contributed by atoms with van der Waals surface area (Å²) in [7, 11) is 0. The van der Waals surface area contributed by atoms with Gasteiger partial charge >= 0.3 is 5.69 Å². The van der Waals surface area contributed by atoms with Gasteiger partial charge in [0, 0.05) is 16.1 Å². The number of hydrogen-bond acceptors (Lipinski definition) is 4. The van der Waals surface area contributed by atoms with Crippen LogP contribution in [0.5, 0.6) is 11.5 Å². The van der Waals surface area contributed by atoms with Crippen LogP contribution in [0.4, 0.5) is 5.69 Å². The standard InChI is InChI=1S/C14H12BrNO4/c1-9-2-4-13(10(6-9)8-17)20-14-5-3-11(15)7-12(14)16(18)19/h2-7,17H,8H2,1H3. The fourth-order valence-electron chi connectivity index (χ4n) is 1.77. The van der Waals surface area contributed by atoms with Gasteiger partial charge in [0.15, 0.2) is 0 Å². The lowest BCUT2D eigenvalue weighted by Gasteiger charge is -2.10. The van der Waals surface area contributed by atoms with Crippen molar-refractivity contribution in [3.63, 3.8) is 0 Å². The van der Waals surface area contributed by atoms with Crippen molar-refractivity contribution in [3.05, 3.63) is 62.1 Å². The Bertz CT molecular complexity index is 658. The molecule has 0 fully saturated rings. The van der Waals surface area contributed by atoms with E-state index in [0.29, 0.717) is 15.8 Å². The van der Waals surface area contributed by atoms with Crippen molar-refractivity contribution in [3.8, 4) is 11.5 Å². The minimum atomic E-state index is -0.507. The van der Waals surface area contributed by atoms with Crippen LogP contribution in [-0.2, 0) is 6.61 Å². The maximum Gasteiger partial charge on any atom is 0.312 e. The lowest BCUT2D eigenvalue weighted by Crippen LogP contribution is -1.96. The molecule has 20 heavy (non-hydrogen) atoms. The van der Waals surface area contributed by atoms with Gasteiger partial charge in [-0.3, -0.25) is 10.1 Å². The lowest BCUT2D eigenvalue weighted by atomic mass is 10.1. The highest BCUT2D eigenvalue weighted by Gasteiger charge is 2.17. The fraction of sp³-hybridized carbons (Fsp3) is 0.143. The molecule has 2 rings (SSSR count). The summed E-state index contributed by atoms with van der Waals surface area (Å²) in [5.74, 6) is 0.542. The van der Waals surface area contributed by atoms with Crippen LogP contribution in [0.1, 0.15) is 11.1 Å². The molecule has 0 unspecified atom stereocenters. The number of aliphatic hydroxyl groups is 1. The maximum absolute atomic E-state index is 11.0. The molecule has 1 N–H and O–H groups in total. The third-order valence-corrected chi connectivity index (χ3v) is 3.22. The Balaban J connectivity index is 2.42. The van der Waals surface area contributed by atoms with Crippen LogP contribution in [-0.4, -0.2) is 10.0 Å². The minimum Gasteiger partial charge on any atom is -0.450 e. The zero-order valence-corrected chi connectivity index (χ0v) is 12.3. The smallest absolute Gasteiger partial charge is 0.312 e. The number of aryl methyl sites for hydroxylation is 1. The molecule has 0 aliphatic rings. The topological polar surface area (TPSA) is 72.6 Å². The average molecular weight is 338 g/mol. The molecule has 0 atom stereocenters. The number of rotatable bonds is 4. The van der Waals surface area contributed by atoms with Gasteiger partial charge < -0.3 is 9.84 Å². The molecular weight excluding hydrogens is 326 g/mol. The van der Waals surface area contributed by atoms with E-state index in [1.165, 1.54) is 12.1 Å². The number of hydrogen-bond donors (Lipinski definition) is 1. The van der Waals surface area contributed by atoms with Gasteiger partial charge in [0.25, 0.3) is 0 Å². The average Bonchev–Trinajstić information content (AvgIpc) is 2.42. The van der Waals surface area contributed by atoms with Crippen molar-refractivity contribution in [2.75, 3.05) is 0 Å². The molecule has 0 bridgehead atoms. The normalized spacial score (nSPS) is 10.3. The largest absolute Gasteiger partial charge is 0.450 e. The number of benzene rings is 2. The van der Waals surface area contributed by atoms with Gasteiger partial charge in [-0.2, -0.15) is 0 Å². The van der Waals surface area contributed by atoms with Crippen molar-refractivity contribution >= 4 is 21.6 Å². The SMILES string of the molecule is Cc1ccc(Oc2ccc(Br)cc2[N+](=O)[O-])c(CO)c1. The zero-order valence-electron chi connectivity index (χ0n) is 10.7. The summed E-state index contributed by atoms with van der Waals surface area (Å²) in [5, 5.41) is 20.4. The second-order valence-electron chi connectivity index (χ2n) is 4.24. The Hall–Kier alpha value is -1.92. The van der Waals surface area contributed by atoms with Crippen LogP contribution in [0.25, 0.3) is 0 Å². The van der Waals surface area contributed by atoms with Gasteiger partial charge in [0.1, 0.15) is 5.75 Å². The van der Waals surface area contributed by atoms with E-state index in [0.717, 1.165) is 5.56 Å². The first-order chi connectivity index (χ1) is 9.51. The molecule has 0 saturated heterocycles. The number of halogens is 1. The zero-order chi connectivity index (χ0) is 14.7. The van der Waals surface area contributed by atoms with E-state index in [4.69, 9.17) is 4.74 Å². The Morgan fingerprint density at radius 2 is 1.95 bits per heavy atom. The molecular formula is C14H12BrNO4. The molecule has 0 spiro atoms. The van der Waals surface area contributed by atoms with Gasteiger partial charge in [0.05, 0.1) is 11.5 Å². The van der Waals surface area contributed by atoms with E-state index in [1.54, 1.807) is 18.2 Å². The Kier molecular flexibility index (Phi) is 4.36. The third kappa shape index (κ3) is 3.15. The highest BCUT2D eigenvalue weighted by Crippen LogP contribution is 2.35. The van der Waals surface area contributed by atoms with Crippen molar-refractivity contribution in [1.29, 1.82) is 0 Å². The predicted octanol–water partition coefficient (Wildman–Crippen LogP) is 3.95. The first-order valence-corrected chi connectivity index (χ1v) is 6.62. The quantitative estimate of drug-likeness (QED) is 0.677. The Morgan fingerprint density at radius 1 is 1.25 bits per heavy atom. The fourth-order valence-corrected chi connectivity index (χ4v) is 2.12. The van der Waals surface area contributed by atoms with E-state index in [-0.39, 0.29) is 18.0 Å². The van der Waals surface area contributed by atoms with E-state index in [1.807, 2.05) is 13.0 Å². The molecule has 104 valence electrons. The van der Waals surface area contributed by atoms with Gasteiger partial charge in [-0.1, -0.05) is 33.6 Å². The molecule has 0 saturated carbocycles. The summed E-state index contributed by atoms with van der Waals surface area (Å²) in [6, 6.07) is 9.84. The molecule has 0 heterocycles. The molecule has 0 aliphatic heterocycles. The van der Waals surface area contributed by atoms with Gasteiger partial charge in [-0.05, 0) is 25.1 Å². The summed E-state index contributed by atoms with van der Waals surface area (Å²) in [4.78, 5) is 10.5. The van der Waals surface area contributed by atoms with Crippen LogP contribution in [0, 0.1) is 17.0 Å². The van der Waals surface area contributed by atoms with Crippen molar-refractivity contribution in [1.82, 2.24) is 0 Å². The van der Waals surface area contributed by atoms with Crippen LogP contribution < -0.4 is 4.74 Å². The van der Waals surface area contributed by atoms with E-state index in [2.05, 4.69) is 15.9 Å². The summed E-state index contributed by atoms with van der Waals surface area (Å²) >= 11 is 3.19. The lowest BCUT2D eigenvalue weighted by molar-refractivity contribution is -0.385. The maximum atomic E-state index is 11.0. The molecule has 6 heteroatoms. The predicted molar refractivity (Wildman–Crippen MR) is 78.0 cm³/mol. The summed E-state index contributed by atoms with van der Waals surface area (Å²) in [6.45, 7) is 1.70. The molecule has 0 amide bonds. The number of nitro benzene ring substituents is 1. The van der Waals surface area contributed by atoms with Crippen LogP contribution in [0.15, 0.2) is 40.9 Å². The van der Waals surface area contributed by atoms with Gasteiger partial charge in [-0.25, -0.2) is 0 Å². The van der Waals surface area contributed by atoms with Crippen LogP contribution >= 0.6 is 15.9 Å². The second kappa shape index (κ2) is 6.02. The number of ether oxygens (including phenoxy) is 1. The first kappa shape index (κ1) is 14.5. The summed E-state index contributed by atoms with van der Waals surface area (Å²) < 4.78 is 6.18. The molecule has 0 aliphatic carbocycles. The van der Waals surface area contributed by atoms with Crippen LogP contribution in [0.2, 0.25) is 0 Å². The Labute approximate surface area is 124 Å². The summed E-state index contributed by atoms with van der Waals surface area (Å²) in [6.07, 6.45) is 0. The number of nitrogens with zero attached hydrogens (tertiary/aromatic N) is 1. The van der Waals surface area contributed by atoms with Crippen molar-refractivity contribution in [2.45, 2.75) is 13.5 Å². The van der Waals surface area contributed by atoms with Crippen LogP contribution in [0.3, 0.4) is 0 Å². The van der Waals surface area contributed by atoms with Crippen molar-refractivity contribution in [2.24, 2.45) is 0 Å². The van der Waals surface area contributed by atoms with Gasteiger partial charge in [-0.15, -0.1) is 0 Å². The Morgan fingerprint density at radius 3 is 2.60 bits per heavy atom. The highest BCUT2D eigenvalue weighted by atomic mass is 79.9. The third-order valence-electron chi connectivity index (χ3n) is 2.72. The molecule has 2 aromatic rings. The second-order valence-corrected chi connectivity index (χ2v) is 5.16. The van der Waals surface area contributed by atoms with Gasteiger partial charge in [0.2, 0.25) is 5.75 Å². The van der Waals surface area contributed by atoms with E-state index >= 15 is 0 Å². The number of aliphatic hydroxyl groups excluding tert-OH is 1. The highest BCUT2D eigenvalue weighted by molar-refractivity contribution is 9.10. The molecule has 5 nitrogen and oxygen atoms in total. The molecule has 2 aromatic carbocycles. The minimum absolute atomic E-state index is 0.135. The molecule has 0 aromatic heterocycles. The first-order valence-electron chi connectivity index (χ1n) is 5.83.